The van der Waals surface area contributed by atoms with Crippen LogP contribution in [0.5, 0.6) is 0 Å². The van der Waals surface area contributed by atoms with Gasteiger partial charge in [-0.2, -0.15) is 0 Å². The lowest BCUT2D eigenvalue weighted by atomic mass is 10.2. The number of carbonyl (C=O) groups excluding carboxylic acids is 2. The summed E-state index contributed by atoms with van der Waals surface area (Å²) in [6.07, 6.45) is 1.62. The highest BCUT2D eigenvalue weighted by Crippen LogP contribution is 2.13. The van der Waals surface area contributed by atoms with Crippen molar-refractivity contribution in [1.29, 1.82) is 0 Å². The third-order valence-electron chi connectivity index (χ3n) is 2.85. The molecule has 1 atom stereocenters. The van der Waals surface area contributed by atoms with Crippen LogP contribution in [0.4, 0.5) is 5.69 Å². The molecule has 5 nitrogen and oxygen atoms in total. The van der Waals surface area contributed by atoms with Crippen LogP contribution < -0.4 is 16.0 Å². The van der Waals surface area contributed by atoms with Gasteiger partial charge in [-0.1, -0.05) is 6.08 Å². The van der Waals surface area contributed by atoms with Crippen LogP contribution in [0.15, 0.2) is 36.9 Å². The highest BCUT2D eigenvalue weighted by Gasteiger charge is 2.22. The zero-order valence-electron chi connectivity index (χ0n) is 11.0. The molecule has 1 aromatic rings. The lowest BCUT2D eigenvalue weighted by Gasteiger charge is -2.10. The first-order valence-electron chi connectivity index (χ1n) is 6.32. The zero-order chi connectivity index (χ0) is 14.4. The van der Waals surface area contributed by atoms with Crippen molar-refractivity contribution < 1.29 is 9.59 Å². The third kappa shape index (κ3) is 3.85. The fraction of sp³-hybridized carbons (Fsp3) is 0.286. The standard InChI is InChI=1S/C14H17N3O2S/c1-2-7-15-13(18)10-3-5-11(6-4-10)17-14(19)12-8-20-9-16-12/h2-6,12,16H,1,7-9H2,(H,15,18)(H,17,19). The normalized spacial score (nSPS) is 17.5. The molecular formula is C14H17N3O2S. The van der Waals surface area contributed by atoms with Crippen LogP contribution in [0.2, 0.25) is 0 Å². The molecule has 2 amide bonds. The van der Waals surface area contributed by atoms with Crippen LogP contribution in [-0.4, -0.2) is 36.0 Å². The molecule has 1 heterocycles. The van der Waals surface area contributed by atoms with Crippen molar-refractivity contribution in [1.82, 2.24) is 10.6 Å². The average molecular weight is 291 g/mol. The van der Waals surface area contributed by atoms with Crippen molar-refractivity contribution in [3.8, 4) is 0 Å². The smallest absolute Gasteiger partial charge is 0.251 e. The molecule has 3 N–H and O–H groups in total. The fourth-order valence-electron chi connectivity index (χ4n) is 1.76. The van der Waals surface area contributed by atoms with Gasteiger partial charge in [0.15, 0.2) is 0 Å². The predicted molar refractivity (Wildman–Crippen MR) is 81.9 cm³/mol. The van der Waals surface area contributed by atoms with Crippen molar-refractivity contribution >= 4 is 29.3 Å². The molecule has 0 saturated carbocycles. The summed E-state index contributed by atoms with van der Waals surface area (Å²) in [4.78, 5) is 23.6. The van der Waals surface area contributed by atoms with Crippen LogP contribution in [-0.2, 0) is 4.79 Å². The molecule has 1 unspecified atom stereocenters. The van der Waals surface area contributed by atoms with E-state index in [0.29, 0.717) is 17.8 Å². The molecule has 6 heteroatoms. The van der Waals surface area contributed by atoms with Crippen LogP contribution in [0.1, 0.15) is 10.4 Å². The highest BCUT2D eigenvalue weighted by atomic mass is 32.2. The van der Waals surface area contributed by atoms with Gasteiger partial charge in [0.25, 0.3) is 5.91 Å². The number of hydrogen-bond donors (Lipinski definition) is 3. The summed E-state index contributed by atoms with van der Waals surface area (Å²) in [5.74, 6) is 1.39. The minimum atomic E-state index is -0.156. The number of hydrogen-bond acceptors (Lipinski definition) is 4. The van der Waals surface area contributed by atoms with E-state index < -0.39 is 0 Å². The van der Waals surface area contributed by atoms with Gasteiger partial charge in [-0.25, -0.2) is 0 Å². The Hall–Kier alpha value is -1.79. The number of carbonyl (C=O) groups is 2. The van der Waals surface area contributed by atoms with Gasteiger partial charge in [0.2, 0.25) is 5.91 Å². The highest BCUT2D eigenvalue weighted by molar-refractivity contribution is 7.99. The first kappa shape index (κ1) is 14.6. The SMILES string of the molecule is C=CCNC(=O)c1ccc(NC(=O)C2CSCN2)cc1. The molecule has 0 spiro atoms. The summed E-state index contributed by atoms with van der Waals surface area (Å²) in [7, 11) is 0. The number of anilines is 1. The molecule has 0 aliphatic carbocycles. The molecule has 0 aromatic heterocycles. The summed E-state index contributed by atoms with van der Waals surface area (Å²) in [5.41, 5.74) is 1.24. The topological polar surface area (TPSA) is 70.2 Å². The molecule has 1 saturated heterocycles. The Bertz CT molecular complexity index is 496. The van der Waals surface area contributed by atoms with Gasteiger partial charge in [0, 0.05) is 29.4 Å². The first-order chi connectivity index (χ1) is 9.70. The van der Waals surface area contributed by atoms with E-state index in [4.69, 9.17) is 0 Å². The quantitative estimate of drug-likeness (QED) is 0.713. The van der Waals surface area contributed by atoms with E-state index in [2.05, 4.69) is 22.5 Å². The van der Waals surface area contributed by atoms with E-state index in [9.17, 15) is 9.59 Å². The maximum atomic E-state index is 11.9. The summed E-state index contributed by atoms with van der Waals surface area (Å²) in [6.45, 7) is 3.97. The number of thioether (sulfide) groups is 1. The Morgan fingerprint density at radius 3 is 2.75 bits per heavy atom. The molecule has 106 valence electrons. The van der Waals surface area contributed by atoms with Gasteiger partial charge in [-0.3, -0.25) is 14.9 Å². The summed E-state index contributed by atoms with van der Waals surface area (Å²) >= 11 is 1.70. The molecule has 1 aromatic carbocycles. The number of benzene rings is 1. The molecule has 2 rings (SSSR count). The van der Waals surface area contributed by atoms with E-state index in [-0.39, 0.29) is 17.9 Å². The van der Waals surface area contributed by atoms with E-state index in [1.165, 1.54) is 0 Å². The third-order valence-corrected chi connectivity index (χ3v) is 3.79. The second kappa shape index (κ2) is 7.12. The second-order valence-corrected chi connectivity index (χ2v) is 5.37. The molecule has 1 fully saturated rings. The predicted octanol–water partition coefficient (Wildman–Crippen LogP) is 1.20. The largest absolute Gasteiger partial charge is 0.349 e. The number of rotatable bonds is 5. The Kier molecular flexibility index (Phi) is 5.20. The van der Waals surface area contributed by atoms with Crippen molar-refractivity contribution in [2.45, 2.75) is 6.04 Å². The summed E-state index contributed by atoms with van der Waals surface area (Å²) in [6, 6.07) is 6.68. The van der Waals surface area contributed by atoms with Gasteiger partial charge in [0.1, 0.15) is 0 Å². The molecule has 1 aliphatic heterocycles. The Morgan fingerprint density at radius 1 is 1.40 bits per heavy atom. The van der Waals surface area contributed by atoms with Crippen LogP contribution in [0.3, 0.4) is 0 Å². The van der Waals surface area contributed by atoms with E-state index >= 15 is 0 Å². The minimum Gasteiger partial charge on any atom is -0.349 e. The molecule has 20 heavy (non-hydrogen) atoms. The van der Waals surface area contributed by atoms with Crippen LogP contribution in [0.25, 0.3) is 0 Å². The van der Waals surface area contributed by atoms with Crippen molar-refractivity contribution in [3.63, 3.8) is 0 Å². The van der Waals surface area contributed by atoms with Gasteiger partial charge in [0.05, 0.1) is 6.04 Å². The first-order valence-corrected chi connectivity index (χ1v) is 7.47. The fourth-order valence-corrected chi connectivity index (χ4v) is 2.71. The van der Waals surface area contributed by atoms with Crippen molar-refractivity contribution in [2.75, 3.05) is 23.5 Å². The zero-order valence-corrected chi connectivity index (χ0v) is 11.8. The molecular weight excluding hydrogens is 274 g/mol. The molecule has 1 aliphatic rings. The van der Waals surface area contributed by atoms with Gasteiger partial charge in [-0.15, -0.1) is 18.3 Å². The van der Waals surface area contributed by atoms with Gasteiger partial charge < -0.3 is 10.6 Å². The average Bonchev–Trinajstić information content (AvgIpc) is 3.00. The minimum absolute atomic E-state index is 0.0427. The van der Waals surface area contributed by atoms with Crippen LogP contribution >= 0.6 is 11.8 Å². The van der Waals surface area contributed by atoms with Crippen molar-refractivity contribution in [3.05, 3.63) is 42.5 Å². The van der Waals surface area contributed by atoms with Crippen molar-refractivity contribution in [2.24, 2.45) is 0 Å². The number of amides is 2. The monoisotopic (exact) mass is 291 g/mol. The Morgan fingerprint density at radius 2 is 2.15 bits per heavy atom. The summed E-state index contributed by atoms with van der Waals surface area (Å²) in [5, 5.41) is 8.63. The second-order valence-electron chi connectivity index (χ2n) is 4.34. The van der Waals surface area contributed by atoms with E-state index in [0.717, 1.165) is 11.6 Å². The maximum absolute atomic E-state index is 11.9. The number of nitrogens with one attached hydrogen (secondary N) is 3. The van der Waals surface area contributed by atoms with Gasteiger partial charge in [-0.05, 0) is 24.3 Å². The van der Waals surface area contributed by atoms with E-state index in [1.807, 2.05) is 0 Å². The molecule has 0 radical (unpaired) electrons. The Balaban J connectivity index is 1.92. The Labute approximate surface area is 122 Å². The summed E-state index contributed by atoms with van der Waals surface area (Å²) < 4.78 is 0. The lowest BCUT2D eigenvalue weighted by molar-refractivity contribution is -0.117. The molecule has 0 bridgehead atoms. The lowest BCUT2D eigenvalue weighted by Crippen LogP contribution is -2.37. The van der Waals surface area contributed by atoms with Gasteiger partial charge >= 0.3 is 0 Å². The maximum Gasteiger partial charge on any atom is 0.251 e. The van der Waals surface area contributed by atoms with E-state index in [1.54, 1.807) is 42.1 Å². The van der Waals surface area contributed by atoms with Crippen LogP contribution in [0, 0.1) is 0 Å².